The van der Waals surface area contributed by atoms with E-state index in [0.29, 0.717) is 35.1 Å². The van der Waals surface area contributed by atoms with Crippen molar-refractivity contribution in [2.75, 3.05) is 32.6 Å². The fourth-order valence-corrected chi connectivity index (χ4v) is 4.87. The fraction of sp³-hybridized carbons (Fsp3) is 0.385. The normalized spacial score (nSPS) is 20.9. The van der Waals surface area contributed by atoms with Crippen LogP contribution in [0.3, 0.4) is 0 Å². The summed E-state index contributed by atoms with van der Waals surface area (Å²) in [7, 11) is 3.04. The zero-order chi connectivity index (χ0) is 26.1. The number of ether oxygens (including phenoxy) is 2. The number of halogens is 3. The van der Waals surface area contributed by atoms with Gasteiger partial charge in [0.1, 0.15) is 17.7 Å². The number of alkyl halides is 2. The van der Waals surface area contributed by atoms with Crippen LogP contribution in [-0.4, -0.2) is 55.5 Å². The number of anilines is 1. The summed E-state index contributed by atoms with van der Waals surface area (Å²) in [6, 6.07) is 9.42. The van der Waals surface area contributed by atoms with Crippen LogP contribution in [0.5, 0.6) is 11.5 Å². The Balaban J connectivity index is 1.41. The summed E-state index contributed by atoms with van der Waals surface area (Å²) in [5.74, 6) is 0.243. The van der Waals surface area contributed by atoms with Gasteiger partial charge in [-0.25, -0.2) is 17.9 Å². The van der Waals surface area contributed by atoms with Gasteiger partial charge in [-0.05, 0) is 49.2 Å². The van der Waals surface area contributed by atoms with Gasteiger partial charge in [-0.1, -0.05) is 12.1 Å². The van der Waals surface area contributed by atoms with Gasteiger partial charge in [-0.3, -0.25) is 4.79 Å². The molecule has 1 aromatic heterocycles. The van der Waals surface area contributed by atoms with E-state index in [0.717, 1.165) is 18.5 Å². The topological polar surface area (TPSA) is 89.4 Å². The number of nitrogens with one attached hydrogen (secondary N) is 3. The summed E-state index contributed by atoms with van der Waals surface area (Å²) >= 11 is 0. The summed E-state index contributed by atoms with van der Waals surface area (Å²) in [5, 5.41) is 13.6. The Kier molecular flexibility index (Phi) is 6.96. The summed E-state index contributed by atoms with van der Waals surface area (Å²) < 4.78 is 55.0. The Morgan fingerprint density at radius 2 is 1.95 bits per heavy atom. The molecule has 2 aliphatic heterocycles. The second-order valence-electron chi connectivity index (χ2n) is 9.17. The van der Waals surface area contributed by atoms with Gasteiger partial charge in [0, 0.05) is 24.2 Å². The quantitative estimate of drug-likeness (QED) is 0.438. The number of hydrogen-bond acceptors (Lipinski definition) is 6. The molecular weight excluding hydrogens is 487 g/mol. The summed E-state index contributed by atoms with van der Waals surface area (Å²) in [5.41, 5.74) is 1.40. The van der Waals surface area contributed by atoms with Crippen molar-refractivity contribution in [3.8, 4) is 22.8 Å². The lowest BCUT2D eigenvalue weighted by Crippen LogP contribution is -2.36. The third-order valence-corrected chi connectivity index (χ3v) is 6.86. The van der Waals surface area contributed by atoms with Crippen molar-refractivity contribution in [2.24, 2.45) is 0 Å². The molecule has 2 aliphatic rings. The van der Waals surface area contributed by atoms with Crippen molar-refractivity contribution in [1.82, 2.24) is 20.4 Å². The molecule has 3 heterocycles. The van der Waals surface area contributed by atoms with Crippen molar-refractivity contribution in [3.63, 3.8) is 0 Å². The van der Waals surface area contributed by atoms with E-state index in [1.165, 1.54) is 31.0 Å². The zero-order valence-electron chi connectivity index (χ0n) is 20.4. The molecule has 0 radical (unpaired) electrons. The second-order valence-corrected chi connectivity index (χ2v) is 9.17. The maximum atomic E-state index is 14.9. The molecule has 196 valence electrons. The Morgan fingerprint density at radius 3 is 2.62 bits per heavy atom. The molecule has 37 heavy (non-hydrogen) atoms. The molecule has 11 heteroatoms. The number of aromatic nitrogens is 2. The summed E-state index contributed by atoms with van der Waals surface area (Å²) in [6.07, 6.45) is -1.79. The average molecular weight is 516 g/mol. The number of rotatable bonds is 7. The largest absolute Gasteiger partial charge is 0.493 e. The van der Waals surface area contributed by atoms with Crippen LogP contribution in [0.15, 0.2) is 42.5 Å². The molecule has 8 nitrogen and oxygen atoms in total. The average Bonchev–Trinajstić information content (AvgIpc) is 3.57. The van der Waals surface area contributed by atoms with Crippen molar-refractivity contribution >= 4 is 11.7 Å². The highest BCUT2D eigenvalue weighted by Crippen LogP contribution is 2.41. The number of fused-ring (bicyclic) bond motifs is 1. The van der Waals surface area contributed by atoms with Crippen LogP contribution in [0.4, 0.5) is 19.0 Å². The van der Waals surface area contributed by atoms with Crippen LogP contribution in [0.1, 0.15) is 40.8 Å². The molecule has 0 aliphatic carbocycles. The summed E-state index contributed by atoms with van der Waals surface area (Å²) in [6.45, 7) is 1.45. The van der Waals surface area contributed by atoms with E-state index in [1.54, 1.807) is 30.3 Å². The molecule has 2 aromatic carbocycles. The first kappa shape index (κ1) is 24.9. The second kappa shape index (κ2) is 10.3. The smallest absolute Gasteiger partial charge is 0.260 e. The van der Waals surface area contributed by atoms with Gasteiger partial charge >= 0.3 is 0 Å². The van der Waals surface area contributed by atoms with Crippen molar-refractivity contribution in [3.05, 3.63) is 59.4 Å². The lowest BCUT2D eigenvalue weighted by atomic mass is 9.97. The minimum absolute atomic E-state index is 0.0394. The number of benzene rings is 2. The van der Waals surface area contributed by atoms with Gasteiger partial charge in [-0.15, -0.1) is 0 Å². The lowest BCUT2D eigenvalue weighted by molar-refractivity contribution is 0.0659. The van der Waals surface area contributed by atoms with Crippen LogP contribution < -0.4 is 25.4 Å². The van der Waals surface area contributed by atoms with Gasteiger partial charge in [0.2, 0.25) is 0 Å². The van der Waals surface area contributed by atoms with Gasteiger partial charge < -0.3 is 25.4 Å². The number of hydrogen-bond donors (Lipinski definition) is 3. The van der Waals surface area contributed by atoms with E-state index in [9.17, 15) is 18.0 Å². The van der Waals surface area contributed by atoms with Gasteiger partial charge in [0.05, 0.1) is 31.5 Å². The molecular formula is C26H28F3N5O3. The Hall–Kier alpha value is -3.73. The highest BCUT2D eigenvalue weighted by molar-refractivity contribution is 5.95. The highest BCUT2D eigenvalue weighted by Gasteiger charge is 2.35. The first-order chi connectivity index (χ1) is 17.9. The predicted molar refractivity (Wildman–Crippen MR) is 132 cm³/mol. The van der Waals surface area contributed by atoms with Crippen LogP contribution in [0, 0.1) is 5.82 Å². The minimum Gasteiger partial charge on any atom is -0.493 e. The Bertz CT molecular complexity index is 1290. The van der Waals surface area contributed by atoms with Gasteiger partial charge in [-0.2, -0.15) is 5.10 Å². The number of carbonyl (C=O) groups is 1. The third kappa shape index (κ3) is 4.95. The van der Waals surface area contributed by atoms with E-state index in [-0.39, 0.29) is 18.0 Å². The van der Waals surface area contributed by atoms with Gasteiger partial charge in [0.25, 0.3) is 12.3 Å². The van der Waals surface area contributed by atoms with Crippen molar-refractivity contribution in [1.29, 1.82) is 0 Å². The Labute approximate surface area is 212 Å². The predicted octanol–water partition coefficient (Wildman–Crippen LogP) is 4.16. The van der Waals surface area contributed by atoms with Crippen LogP contribution >= 0.6 is 0 Å². The molecule has 0 spiro atoms. The molecule has 1 saturated heterocycles. The van der Waals surface area contributed by atoms with Crippen LogP contribution in [-0.2, 0) is 0 Å². The first-order valence-electron chi connectivity index (χ1n) is 12.1. The molecule has 0 bridgehead atoms. The first-order valence-corrected chi connectivity index (χ1v) is 12.1. The number of carbonyl (C=O) groups excluding carboxylic acids is 1. The molecule has 1 fully saturated rings. The van der Waals surface area contributed by atoms with Crippen LogP contribution in [0.25, 0.3) is 11.3 Å². The number of methoxy groups -OCH3 is 2. The SMILES string of the molecule is COc1ccc(C2CC(C(F)F)n3nc(-c4ccc(C(=O)N[C@H]5CCNC5)c(F)c4)cc3N2)cc1OC. The number of amides is 1. The maximum Gasteiger partial charge on any atom is 0.260 e. The molecule has 3 N–H and O–H groups in total. The lowest BCUT2D eigenvalue weighted by Gasteiger charge is -2.32. The van der Waals surface area contributed by atoms with Gasteiger partial charge in [0.15, 0.2) is 11.5 Å². The minimum atomic E-state index is -2.66. The van der Waals surface area contributed by atoms with E-state index >= 15 is 0 Å². The summed E-state index contributed by atoms with van der Waals surface area (Å²) in [4.78, 5) is 12.5. The van der Waals surface area contributed by atoms with E-state index in [1.807, 2.05) is 0 Å². The molecule has 3 aromatic rings. The molecule has 2 unspecified atom stereocenters. The molecule has 1 amide bonds. The Morgan fingerprint density at radius 1 is 1.14 bits per heavy atom. The van der Waals surface area contributed by atoms with Crippen molar-refractivity contribution < 1.29 is 27.4 Å². The standard InChI is InChI=1S/C26H28F3N5O3/c1-36-22-6-4-15(10-23(22)37-2)19-11-21(25(28)29)34-24(32-19)12-20(33-34)14-3-5-17(18(27)9-14)26(35)31-16-7-8-30-13-16/h3-6,9-10,12,16,19,21,25,30,32H,7-8,11,13H2,1-2H3,(H,31,35)/t16-,19?,21?/m0/s1. The molecule has 3 atom stereocenters. The highest BCUT2D eigenvalue weighted by atomic mass is 19.3. The molecule has 0 saturated carbocycles. The van der Waals surface area contributed by atoms with E-state index in [4.69, 9.17) is 9.47 Å². The molecule has 5 rings (SSSR count). The van der Waals surface area contributed by atoms with E-state index in [2.05, 4.69) is 21.0 Å². The monoisotopic (exact) mass is 515 g/mol. The fourth-order valence-electron chi connectivity index (χ4n) is 4.87. The van der Waals surface area contributed by atoms with Crippen molar-refractivity contribution in [2.45, 2.75) is 37.4 Å². The zero-order valence-corrected chi connectivity index (χ0v) is 20.4. The number of nitrogens with zero attached hydrogens (tertiary/aromatic N) is 2. The van der Waals surface area contributed by atoms with E-state index < -0.39 is 30.2 Å². The third-order valence-electron chi connectivity index (χ3n) is 6.86. The van der Waals surface area contributed by atoms with Crippen LogP contribution in [0.2, 0.25) is 0 Å². The maximum absolute atomic E-state index is 14.9.